The van der Waals surface area contributed by atoms with Crippen molar-refractivity contribution in [2.24, 2.45) is 23.7 Å². The van der Waals surface area contributed by atoms with Crippen LogP contribution < -0.4 is 5.11 Å². The van der Waals surface area contributed by atoms with Crippen LogP contribution in [0.15, 0.2) is 0 Å². The molecular weight excluding hydrogens is 996 g/mol. The number of halogens is 3. The van der Waals surface area contributed by atoms with E-state index in [1.54, 1.807) is 0 Å². The number of Topliss-reactive ketones (excluding diaryl/α,β-unsaturated/α-hetero) is 5. The fourth-order valence-corrected chi connectivity index (χ4v) is 6.17. The molecule has 13 heteroatoms. The van der Waals surface area contributed by atoms with E-state index in [1.165, 1.54) is 26.7 Å². The molecule has 0 aromatic carbocycles. The molecule has 278 valence electrons. The van der Waals surface area contributed by atoms with Gasteiger partial charge in [0.05, 0.1) is 6.92 Å². The second-order valence-corrected chi connectivity index (χ2v) is 49.3. The molecule has 4 rings (SSSR count). The van der Waals surface area contributed by atoms with Crippen molar-refractivity contribution >= 4 is 94.8 Å². The third-order valence-corrected chi connectivity index (χ3v) is 8.94. The van der Waals surface area contributed by atoms with Crippen molar-refractivity contribution in [3.05, 3.63) is 6.92 Å². The van der Waals surface area contributed by atoms with E-state index in [0.29, 0.717) is 60.9 Å². The molecule has 0 spiro atoms. The van der Waals surface area contributed by atoms with E-state index in [4.69, 9.17) is 0 Å². The van der Waals surface area contributed by atoms with Crippen LogP contribution in [0.4, 0.5) is 0 Å². The van der Waals surface area contributed by atoms with Gasteiger partial charge in [0.15, 0.2) is 11.6 Å². The first-order valence-electron chi connectivity index (χ1n) is 16.9. The Balaban J connectivity index is 0. The first-order chi connectivity index (χ1) is 22.0. The van der Waals surface area contributed by atoms with Gasteiger partial charge in [0.25, 0.3) is 5.97 Å². The summed E-state index contributed by atoms with van der Waals surface area (Å²) in [6, 6.07) is 0. The van der Waals surface area contributed by atoms with Gasteiger partial charge in [-0.1, -0.05) is 40.5 Å². The topological polar surface area (TPSA) is 166 Å². The molecule has 0 radical (unpaired) electrons. The number of aliphatic hydroxyl groups is 2. The van der Waals surface area contributed by atoms with Crippen LogP contribution in [0.2, 0.25) is 0 Å². The first kappa shape index (κ1) is 50.5. The Bertz CT molecular complexity index is 947. The summed E-state index contributed by atoms with van der Waals surface area (Å²) >= 11 is 7.39. The van der Waals surface area contributed by atoms with Crippen molar-refractivity contribution in [3.8, 4) is 0 Å². The molecule has 0 unspecified atom stereocenters. The van der Waals surface area contributed by atoms with Gasteiger partial charge >= 0.3 is 70.6 Å². The molecule has 4 fully saturated rings. The fraction of sp³-hybridized carbons (Fsp3) is 0.800. The Hall–Kier alpha value is 0.384. The molecule has 48 heavy (non-hydrogen) atoms. The fourth-order valence-electron chi connectivity index (χ4n) is 6.17. The summed E-state index contributed by atoms with van der Waals surface area (Å²) in [7, 11) is 0. The van der Waals surface area contributed by atoms with Crippen molar-refractivity contribution in [3.63, 3.8) is 0 Å². The zero-order valence-electron chi connectivity index (χ0n) is 29.7. The van der Waals surface area contributed by atoms with E-state index in [1.807, 2.05) is 0 Å². The minimum atomic E-state index is -1.74. The Morgan fingerprint density at radius 1 is 0.688 bits per heavy atom. The molecule has 0 aromatic rings. The Kier molecular flexibility index (Phi) is 28.5. The molecule has 4 aliphatic carbocycles. The van der Waals surface area contributed by atoms with E-state index < -0.39 is 23.0 Å². The quantitative estimate of drug-likeness (QED) is 0.167. The third kappa shape index (κ3) is 26.2. The van der Waals surface area contributed by atoms with Crippen LogP contribution >= 0.6 is 59.9 Å². The Labute approximate surface area is 326 Å². The molecule has 2 N–H and O–H groups in total. The maximum atomic E-state index is 11.0. The van der Waals surface area contributed by atoms with E-state index in [-0.39, 0.29) is 16.5 Å². The number of rotatable bonds is 3. The normalized spacial score (nSPS) is 29.6. The summed E-state index contributed by atoms with van der Waals surface area (Å²) in [5.74, 6) is 0.188. The van der Waals surface area contributed by atoms with Gasteiger partial charge in [0.1, 0.15) is 22.8 Å². The maximum absolute atomic E-state index is 11.0. The monoisotopic (exact) mass is 1050 g/mol. The van der Waals surface area contributed by atoms with E-state index in [2.05, 4.69) is 94.6 Å². The molecule has 0 saturated heterocycles. The second-order valence-electron chi connectivity index (χ2n) is 14.0. The standard InChI is InChI=1S/2C9H16O2.2C7H12O.C3H2O3.3HI.V/c2*1-7-4-3-5-9(11,6-7)8(2)10;2*1-6-3-2-4-7(8)5-6;1-2(4)3(5)6;;;;/h2*7,11H,3-6H2,1-2H3;2*6H,2-5H2,1H3;1H2;3*1H;/q;;;;;;;;+3/p-3/t2*7-,9-;2*6-;;;;;/m1010...../s1. The number of carboxylic acids is 1. The van der Waals surface area contributed by atoms with E-state index in [0.717, 1.165) is 64.2 Å². The minimum absolute atomic E-state index is 0.0657. The third-order valence-electron chi connectivity index (χ3n) is 8.94. The number of hydrogen-bond donors (Lipinski definition) is 2. The predicted octanol–water partition coefficient (Wildman–Crippen LogP) is 7.36. The van der Waals surface area contributed by atoms with Crippen molar-refractivity contribution in [1.82, 2.24) is 0 Å². The molecule has 0 amide bonds. The number of ketones is 5. The summed E-state index contributed by atoms with van der Waals surface area (Å²) in [6.45, 7) is 14.0. The number of carbonyl (C=O) groups is 6. The summed E-state index contributed by atoms with van der Waals surface area (Å²) in [6.07, 6.45) is 15.0. The SMILES string of the molecule is CC(=O)[C@@]1(O)CCC[C@@H](C)C1.CC(=O)[C@]1(O)CCC[C@H](C)C1.C[C@@H]1CCCC(=O)C1.C[C@H]1CCCC(=O)C1.[CH2+]C(=O)C(=O)[O-].[I][V]([I])[I]. The van der Waals surface area contributed by atoms with Gasteiger partial charge in [-0.3, -0.25) is 19.2 Å². The number of hydrogen-bond acceptors (Lipinski definition) is 9. The van der Waals surface area contributed by atoms with Crippen LogP contribution in [0, 0.1) is 30.6 Å². The van der Waals surface area contributed by atoms with Crippen LogP contribution in [0.25, 0.3) is 0 Å². The average molecular weight is 1050 g/mol. The van der Waals surface area contributed by atoms with E-state index in [9.17, 15) is 44.1 Å². The molecule has 4 saturated carbocycles. The summed E-state index contributed by atoms with van der Waals surface area (Å²) in [5, 5.41) is 28.7. The van der Waals surface area contributed by atoms with Gasteiger partial charge < -0.3 is 20.1 Å². The van der Waals surface area contributed by atoms with Crippen LogP contribution in [-0.2, 0) is 33.7 Å². The van der Waals surface area contributed by atoms with E-state index >= 15 is 0 Å². The number of carboxylic acid groups (broad SMARTS) is 1. The molecule has 6 atom stereocenters. The van der Waals surface area contributed by atoms with Crippen LogP contribution in [0.5, 0.6) is 0 Å². The second kappa shape index (κ2) is 27.1. The molecule has 0 aromatic heterocycles. The van der Waals surface area contributed by atoms with Crippen molar-refractivity contribution < 1.29 is 49.0 Å². The van der Waals surface area contributed by atoms with Gasteiger partial charge in [-0.05, 0) is 102 Å². The van der Waals surface area contributed by atoms with Gasteiger partial charge in [-0.25, -0.2) is 4.79 Å². The van der Waals surface area contributed by atoms with Crippen molar-refractivity contribution in [2.45, 2.75) is 155 Å². The van der Waals surface area contributed by atoms with Crippen molar-refractivity contribution in [1.29, 1.82) is 0 Å². The summed E-state index contributed by atoms with van der Waals surface area (Å²) in [4.78, 5) is 61.6. The van der Waals surface area contributed by atoms with Gasteiger partial charge in [0, 0.05) is 25.7 Å². The molecule has 0 bridgehead atoms. The van der Waals surface area contributed by atoms with Crippen LogP contribution in [0.1, 0.15) is 144 Å². The molecule has 0 heterocycles. The number of aliphatic carboxylic acids is 1. The first-order valence-corrected chi connectivity index (χ1v) is 30.4. The van der Waals surface area contributed by atoms with Crippen molar-refractivity contribution in [2.75, 3.05) is 0 Å². The zero-order valence-corrected chi connectivity index (χ0v) is 37.5. The average Bonchev–Trinajstić information content (AvgIpc) is 2.93. The van der Waals surface area contributed by atoms with Gasteiger partial charge in [-0.2, -0.15) is 0 Å². The molecular formula is C35H58I3O9V. The molecule has 9 nitrogen and oxygen atoms in total. The predicted molar refractivity (Wildman–Crippen MR) is 209 cm³/mol. The Morgan fingerprint density at radius 2 is 0.958 bits per heavy atom. The number of carbonyl (C=O) groups excluding carboxylic acids is 6. The molecule has 0 aliphatic heterocycles. The molecule has 4 aliphatic rings. The van der Waals surface area contributed by atoms with Crippen LogP contribution in [0.3, 0.4) is 0 Å². The zero-order chi connectivity index (χ0) is 37.7. The van der Waals surface area contributed by atoms with Crippen LogP contribution in [-0.4, -0.2) is 56.3 Å². The van der Waals surface area contributed by atoms with Gasteiger partial charge in [0.2, 0.25) is 0 Å². The summed E-state index contributed by atoms with van der Waals surface area (Å²) in [5.41, 5.74) is -1.98. The Morgan fingerprint density at radius 3 is 1.10 bits per heavy atom. The summed E-state index contributed by atoms with van der Waals surface area (Å²) < 4.78 is 0. The van der Waals surface area contributed by atoms with Gasteiger partial charge in [-0.15, -0.1) is 0 Å².